The van der Waals surface area contributed by atoms with Gasteiger partial charge in [-0.2, -0.15) is 10.4 Å². The Morgan fingerprint density at radius 3 is 2.72 bits per heavy atom. The molecule has 0 atom stereocenters. The van der Waals surface area contributed by atoms with Gasteiger partial charge in [0, 0.05) is 0 Å². The fourth-order valence-corrected chi connectivity index (χ4v) is 2.21. The third-order valence-electron chi connectivity index (χ3n) is 3.41. The van der Waals surface area contributed by atoms with Crippen LogP contribution in [0.3, 0.4) is 0 Å². The first kappa shape index (κ1) is 16.2. The Morgan fingerprint density at radius 2 is 2.04 bits per heavy atom. The average molecular weight is 333 g/mol. The van der Waals surface area contributed by atoms with Gasteiger partial charge in [0.2, 0.25) is 5.71 Å². The molecule has 0 amide bonds. The second kappa shape index (κ2) is 7.27. The Hall–Kier alpha value is -3.66. The number of hydrogen-bond acceptors (Lipinski definition) is 6. The van der Waals surface area contributed by atoms with Crippen molar-refractivity contribution in [3.8, 4) is 6.07 Å². The van der Waals surface area contributed by atoms with E-state index in [2.05, 4.69) is 20.5 Å². The molecule has 25 heavy (non-hydrogen) atoms. The Bertz CT molecular complexity index is 934. The molecule has 0 unspecified atom stereocenters. The number of aromatic nitrogens is 2. The number of imidazole rings is 1. The van der Waals surface area contributed by atoms with Gasteiger partial charge in [0.05, 0.1) is 28.9 Å². The Balaban J connectivity index is 1.77. The van der Waals surface area contributed by atoms with Crippen molar-refractivity contribution < 1.29 is 9.53 Å². The first-order chi connectivity index (χ1) is 12.2. The molecule has 2 aromatic carbocycles. The lowest BCUT2D eigenvalue weighted by atomic mass is 10.2. The van der Waals surface area contributed by atoms with Crippen LogP contribution in [0.1, 0.15) is 23.1 Å². The molecule has 0 aliphatic rings. The van der Waals surface area contributed by atoms with Crippen molar-refractivity contribution in [3.05, 3.63) is 59.9 Å². The molecule has 0 spiro atoms. The van der Waals surface area contributed by atoms with Crippen LogP contribution in [0.2, 0.25) is 0 Å². The summed E-state index contributed by atoms with van der Waals surface area (Å²) in [4.78, 5) is 19.0. The van der Waals surface area contributed by atoms with Crippen molar-refractivity contribution in [2.45, 2.75) is 6.92 Å². The van der Waals surface area contributed by atoms with Crippen LogP contribution in [0.15, 0.2) is 53.6 Å². The molecule has 3 rings (SSSR count). The van der Waals surface area contributed by atoms with E-state index >= 15 is 0 Å². The van der Waals surface area contributed by atoms with E-state index in [0.717, 1.165) is 11.0 Å². The zero-order chi connectivity index (χ0) is 17.6. The van der Waals surface area contributed by atoms with Crippen LogP contribution in [0.4, 0.5) is 5.69 Å². The molecule has 0 saturated carbocycles. The number of nitrogens with zero attached hydrogens (tertiary/aromatic N) is 3. The molecule has 124 valence electrons. The predicted molar refractivity (Wildman–Crippen MR) is 94.3 cm³/mol. The Morgan fingerprint density at radius 1 is 1.28 bits per heavy atom. The highest BCUT2D eigenvalue weighted by Crippen LogP contribution is 2.13. The molecule has 1 heterocycles. The monoisotopic (exact) mass is 333 g/mol. The standard InChI is InChI=1S/C18H15N5O2/c1-2-25-18(24)12-7-9-13(10-8-12)22-23-16(11-19)17-20-14-5-3-4-6-15(14)21-17/h3-10,22H,2H2,1H3,(H,20,21)/b23-16+. The Labute approximate surface area is 144 Å². The number of fused-ring (bicyclic) bond motifs is 1. The van der Waals surface area contributed by atoms with Gasteiger partial charge in [-0.15, -0.1) is 0 Å². The number of carbonyl (C=O) groups is 1. The molecule has 0 saturated heterocycles. The minimum Gasteiger partial charge on any atom is -0.462 e. The zero-order valence-corrected chi connectivity index (χ0v) is 13.5. The lowest BCUT2D eigenvalue weighted by Crippen LogP contribution is -2.05. The van der Waals surface area contributed by atoms with Gasteiger partial charge in [-0.1, -0.05) is 12.1 Å². The number of aromatic amines is 1. The van der Waals surface area contributed by atoms with Crippen LogP contribution < -0.4 is 5.43 Å². The lowest BCUT2D eigenvalue weighted by molar-refractivity contribution is 0.0526. The molecule has 0 bridgehead atoms. The van der Waals surface area contributed by atoms with E-state index in [-0.39, 0.29) is 11.7 Å². The van der Waals surface area contributed by atoms with Gasteiger partial charge in [-0.3, -0.25) is 5.43 Å². The van der Waals surface area contributed by atoms with E-state index in [1.54, 1.807) is 31.2 Å². The van der Waals surface area contributed by atoms with Gasteiger partial charge in [0.25, 0.3) is 0 Å². The first-order valence-electron chi connectivity index (χ1n) is 7.67. The summed E-state index contributed by atoms with van der Waals surface area (Å²) in [6.45, 7) is 2.08. The number of nitrogens with one attached hydrogen (secondary N) is 2. The summed E-state index contributed by atoms with van der Waals surface area (Å²) >= 11 is 0. The van der Waals surface area contributed by atoms with Crippen molar-refractivity contribution in [3.63, 3.8) is 0 Å². The van der Waals surface area contributed by atoms with Crippen LogP contribution in [-0.2, 0) is 4.74 Å². The molecule has 3 aromatic rings. The molecule has 7 heteroatoms. The second-order valence-electron chi connectivity index (χ2n) is 5.08. The lowest BCUT2D eigenvalue weighted by Gasteiger charge is -2.04. The number of carbonyl (C=O) groups excluding carboxylic acids is 1. The second-order valence-corrected chi connectivity index (χ2v) is 5.08. The van der Waals surface area contributed by atoms with E-state index in [9.17, 15) is 10.1 Å². The Kier molecular flexibility index (Phi) is 4.72. The van der Waals surface area contributed by atoms with Gasteiger partial charge in [-0.05, 0) is 43.3 Å². The third kappa shape index (κ3) is 3.64. The topological polar surface area (TPSA) is 103 Å². The van der Waals surface area contributed by atoms with Gasteiger partial charge in [-0.25, -0.2) is 9.78 Å². The summed E-state index contributed by atoms with van der Waals surface area (Å²) < 4.78 is 4.93. The minimum atomic E-state index is -0.377. The van der Waals surface area contributed by atoms with Gasteiger partial charge < -0.3 is 9.72 Å². The SMILES string of the molecule is CCOC(=O)c1ccc(N/N=C(\C#N)c2nc3ccccc3[nH]2)cc1. The molecule has 0 fully saturated rings. The molecule has 0 aliphatic heterocycles. The summed E-state index contributed by atoms with van der Waals surface area (Å²) in [5, 5.41) is 13.4. The summed E-state index contributed by atoms with van der Waals surface area (Å²) in [6, 6.07) is 16.1. The number of hydrogen-bond donors (Lipinski definition) is 2. The van der Waals surface area contributed by atoms with Crippen molar-refractivity contribution in [1.82, 2.24) is 9.97 Å². The number of H-pyrrole nitrogens is 1. The number of esters is 1. The van der Waals surface area contributed by atoms with Crippen molar-refractivity contribution >= 4 is 28.4 Å². The highest BCUT2D eigenvalue weighted by molar-refractivity contribution is 6.10. The maximum Gasteiger partial charge on any atom is 0.338 e. The molecular weight excluding hydrogens is 318 g/mol. The highest BCUT2D eigenvalue weighted by atomic mass is 16.5. The van der Waals surface area contributed by atoms with Crippen molar-refractivity contribution in [1.29, 1.82) is 5.26 Å². The van der Waals surface area contributed by atoms with Crippen LogP contribution in [-0.4, -0.2) is 28.3 Å². The summed E-state index contributed by atoms with van der Waals surface area (Å²) in [5.74, 6) is 0.0110. The van der Waals surface area contributed by atoms with Crippen LogP contribution in [0.25, 0.3) is 11.0 Å². The first-order valence-corrected chi connectivity index (χ1v) is 7.67. The number of hydrazone groups is 1. The van der Waals surface area contributed by atoms with E-state index in [4.69, 9.17) is 4.74 Å². The highest BCUT2D eigenvalue weighted by Gasteiger charge is 2.09. The number of ether oxygens (including phenoxy) is 1. The smallest absolute Gasteiger partial charge is 0.338 e. The maximum absolute atomic E-state index is 11.6. The van der Waals surface area contributed by atoms with E-state index in [1.165, 1.54) is 0 Å². The van der Waals surface area contributed by atoms with E-state index in [1.807, 2.05) is 30.3 Å². The largest absolute Gasteiger partial charge is 0.462 e. The normalized spacial score (nSPS) is 11.1. The predicted octanol–water partition coefficient (Wildman–Crippen LogP) is 3.08. The summed E-state index contributed by atoms with van der Waals surface area (Å²) in [5.41, 5.74) is 5.61. The van der Waals surface area contributed by atoms with Crippen molar-refractivity contribution in [2.75, 3.05) is 12.0 Å². The van der Waals surface area contributed by atoms with Gasteiger partial charge in [0.15, 0.2) is 5.82 Å². The van der Waals surface area contributed by atoms with Crippen LogP contribution >= 0.6 is 0 Å². The number of benzene rings is 2. The molecule has 2 N–H and O–H groups in total. The summed E-state index contributed by atoms with van der Waals surface area (Å²) in [6.07, 6.45) is 0. The number of anilines is 1. The molecule has 1 aromatic heterocycles. The molecule has 0 aliphatic carbocycles. The zero-order valence-electron chi connectivity index (χ0n) is 13.5. The molecular formula is C18H15N5O2. The number of rotatable bonds is 5. The fourth-order valence-electron chi connectivity index (χ4n) is 2.21. The van der Waals surface area contributed by atoms with Crippen molar-refractivity contribution in [2.24, 2.45) is 5.10 Å². The average Bonchev–Trinajstić information content (AvgIpc) is 3.07. The number of para-hydroxylation sites is 2. The van der Waals surface area contributed by atoms with E-state index in [0.29, 0.717) is 23.7 Å². The van der Waals surface area contributed by atoms with Crippen LogP contribution in [0, 0.1) is 11.3 Å². The van der Waals surface area contributed by atoms with Gasteiger partial charge >= 0.3 is 5.97 Å². The van der Waals surface area contributed by atoms with E-state index < -0.39 is 0 Å². The molecule has 7 nitrogen and oxygen atoms in total. The maximum atomic E-state index is 11.6. The molecule has 0 radical (unpaired) electrons. The van der Waals surface area contributed by atoms with Gasteiger partial charge in [0.1, 0.15) is 6.07 Å². The summed E-state index contributed by atoms with van der Waals surface area (Å²) in [7, 11) is 0. The quantitative estimate of drug-likeness (QED) is 0.424. The van der Waals surface area contributed by atoms with Crippen LogP contribution in [0.5, 0.6) is 0 Å². The number of nitriles is 1. The minimum absolute atomic E-state index is 0.130. The third-order valence-corrected chi connectivity index (χ3v) is 3.41. The fraction of sp³-hybridized carbons (Fsp3) is 0.111.